The Labute approximate surface area is 202 Å². The number of amides is 2. The molecule has 0 radical (unpaired) electrons. The monoisotopic (exact) mass is 467 g/mol. The first-order valence-electron chi connectivity index (χ1n) is 11.4. The largest absolute Gasteiger partial charge is 0.353 e. The van der Waals surface area contributed by atoms with Crippen LogP contribution in [-0.4, -0.2) is 62.6 Å². The van der Waals surface area contributed by atoms with Crippen molar-refractivity contribution in [1.29, 1.82) is 0 Å². The van der Waals surface area contributed by atoms with Gasteiger partial charge in [-0.3, -0.25) is 14.3 Å². The first kappa shape index (κ1) is 22.3. The van der Waals surface area contributed by atoms with Gasteiger partial charge in [0, 0.05) is 56.6 Å². The average molecular weight is 468 g/mol. The molecule has 0 bridgehead atoms. The lowest BCUT2D eigenvalue weighted by atomic mass is 10.1. The molecule has 3 heterocycles. The molecule has 9 nitrogen and oxygen atoms in total. The quantitative estimate of drug-likeness (QED) is 0.453. The summed E-state index contributed by atoms with van der Waals surface area (Å²) >= 11 is 0. The molecule has 1 aliphatic heterocycles. The molecule has 1 saturated heterocycles. The molecule has 0 unspecified atom stereocenters. The summed E-state index contributed by atoms with van der Waals surface area (Å²) in [7, 11) is 1.81. The molecule has 176 valence electrons. The highest BCUT2D eigenvalue weighted by molar-refractivity contribution is 6.08. The maximum absolute atomic E-state index is 13.4. The number of carbonyl (C=O) groups is 2. The second-order valence-corrected chi connectivity index (χ2v) is 8.27. The minimum Gasteiger partial charge on any atom is -0.353 e. The zero-order valence-electron chi connectivity index (χ0n) is 19.4. The topological polar surface area (TPSA) is 96.3 Å². The molecule has 5 rings (SSSR count). The van der Waals surface area contributed by atoms with E-state index < -0.39 is 0 Å². The molecule has 0 atom stereocenters. The molecule has 1 N–H and O–H groups in total. The van der Waals surface area contributed by atoms with Crippen molar-refractivity contribution in [3.8, 4) is 11.5 Å². The Bertz CT molecular complexity index is 1420. The smallest absolute Gasteiger partial charge is 0.274 e. The van der Waals surface area contributed by atoms with Gasteiger partial charge in [0.1, 0.15) is 17.2 Å². The van der Waals surface area contributed by atoms with Gasteiger partial charge in [-0.15, -0.1) is 0 Å². The Hall–Kier alpha value is -4.53. The number of aromatic nitrogens is 4. The molecule has 0 spiro atoms. The van der Waals surface area contributed by atoms with E-state index in [1.807, 2.05) is 48.5 Å². The van der Waals surface area contributed by atoms with Crippen molar-refractivity contribution in [3.63, 3.8) is 0 Å². The summed E-state index contributed by atoms with van der Waals surface area (Å²) in [5, 5.41) is 9.22. The number of carbonyl (C=O) groups excluding carboxylic acids is 2. The molecule has 4 aromatic rings. The maximum Gasteiger partial charge on any atom is 0.274 e. The number of hydrogen-bond donors (Lipinski definition) is 1. The first-order valence-corrected chi connectivity index (χ1v) is 11.4. The van der Waals surface area contributed by atoms with Gasteiger partial charge >= 0.3 is 0 Å². The minimum atomic E-state index is -0.325. The lowest BCUT2D eigenvalue weighted by molar-refractivity contribution is -0.126. The number of fused-ring (bicyclic) bond motifs is 1. The number of aryl methyl sites for hydroxylation is 1. The summed E-state index contributed by atoms with van der Waals surface area (Å²) in [6.45, 7) is 5.84. The molecule has 1 fully saturated rings. The van der Waals surface area contributed by atoms with Gasteiger partial charge in [0.25, 0.3) is 5.91 Å². The van der Waals surface area contributed by atoms with Crippen LogP contribution in [0.25, 0.3) is 22.3 Å². The van der Waals surface area contributed by atoms with Crippen LogP contribution >= 0.6 is 0 Å². The van der Waals surface area contributed by atoms with E-state index >= 15 is 0 Å². The van der Waals surface area contributed by atoms with Gasteiger partial charge in [-0.2, -0.15) is 5.10 Å². The fourth-order valence-corrected chi connectivity index (χ4v) is 4.23. The molecule has 2 aromatic carbocycles. The van der Waals surface area contributed by atoms with Crippen LogP contribution in [-0.2, 0) is 11.8 Å². The summed E-state index contributed by atoms with van der Waals surface area (Å²) in [5.74, 6) is 0.632. The number of hydrogen-bond acceptors (Lipinski definition) is 6. The van der Waals surface area contributed by atoms with Crippen LogP contribution in [0.15, 0.2) is 73.4 Å². The second kappa shape index (κ2) is 9.38. The molecular formula is C26H25N7O2. The van der Waals surface area contributed by atoms with E-state index in [-0.39, 0.29) is 17.5 Å². The SMILES string of the molecule is C=CC(=O)N1CCN(c2cc(C(=O)Nc3cccc4ccccc34)nc(-c3ccnn3C)n2)CC1. The Kier molecular flexibility index (Phi) is 5.97. The zero-order chi connectivity index (χ0) is 24.4. The van der Waals surface area contributed by atoms with Crippen molar-refractivity contribution < 1.29 is 9.59 Å². The molecule has 2 aromatic heterocycles. The second-order valence-electron chi connectivity index (χ2n) is 8.27. The first-order chi connectivity index (χ1) is 17.0. The van der Waals surface area contributed by atoms with Crippen LogP contribution in [0.5, 0.6) is 0 Å². The van der Waals surface area contributed by atoms with Crippen molar-refractivity contribution in [2.24, 2.45) is 7.05 Å². The minimum absolute atomic E-state index is 0.0851. The van der Waals surface area contributed by atoms with Crippen LogP contribution in [0, 0.1) is 0 Å². The summed E-state index contributed by atoms with van der Waals surface area (Å²) in [6.07, 6.45) is 3.00. The highest BCUT2D eigenvalue weighted by atomic mass is 16.2. The number of benzene rings is 2. The maximum atomic E-state index is 13.4. The Morgan fingerprint density at radius 1 is 1.00 bits per heavy atom. The molecule has 0 aliphatic carbocycles. The number of anilines is 2. The lowest BCUT2D eigenvalue weighted by Crippen LogP contribution is -2.48. The molecule has 2 amide bonds. The van der Waals surface area contributed by atoms with Crippen LogP contribution in [0.4, 0.5) is 11.5 Å². The van der Waals surface area contributed by atoms with Crippen molar-refractivity contribution >= 4 is 34.1 Å². The number of piperazine rings is 1. The third-order valence-corrected chi connectivity index (χ3v) is 6.12. The number of nitrogens with zero attached hydrogens (tertiary/aromatic N) is 6. The van der Waals surface area contributed by atoms with Gasteiger partial charge in [0.15, 0.2) is 5.82 Å². The molecule has 9 heteroatoms. The van der Waals surface area contributed by atoms with E-state index in [0.29, 0.717) is 49.2 Å². The standard InChI is InChI=1S/C26H25N7O2/c1-3-24(34)33-15-13-32(14-16-33)23-17-21(28-25(30-23)22-11-12-27-31(22)2)26(35)29-20-10-6-8-18-7-4-5-9-19(18)20/h3-12,17H,1,13-16H2,2H3,(H,29,35). The van der Waals surface area contributed by atoms with Crippen molar-refractivity contribution in [2.75, 3.05) is 36.4 Å². The Balaban J connectivity index is 1.48. The summed E-state index contributed by atoms with van der Waals surface area (Å²) in [4.78, 5) is 38.5. The zero-order valence-corrected chi connectivity index (χ0v) is 19.4. The molecule has 35 heavy (non-hydrogen) atoms. The van der Waals surface area contributed by atoms with Gasteiger partial charge < -0.3 is 15.1 Å². The third-order valence-electron chi connectivity index (χ3n) is 6.12. The lowest BCUT2D eigenvalue weighted by Gasteiger charge is -2.35. The van der Waals surface area contributed by atoms with Gasteiger partial charge in [-0.25, -0.2) is 9.97 Å². The average Bonchev–Trinajstić information content (AvgIpc) is 3.34. The number of rotatable bonds is 5. The van der Waals surface area contributed by atoms with Crippen molar-refractivity contribution in [2.45, 2.75) is 0 Å². The van der Waals surface area contributed by atoms with E-state index in [1.165, 1.54) is 6.08 Å². The van der Waals surface area contributed by atoms with Crippen molar-refractivity contribution in [1.82, 2.24) is 24.6 Å². The fourth-order valence-electron chi connectivity index (χ4n) is 4.23. The van der Waals surface area contributed by atoms with E-state index in [4.69, 9.17) is 4.98 Å². The van der Waals surface area contributed by atoms with Gasteiger partial charge in [0.05, 0.1) is 0 Å². The van der Waals surface area contributed by atoms with E-state index in [1.54, 1.807) is 28.9 Å². The van der Waals surface area contributed by atoms with E-state index in [0.717, 1.165) is 10.8 Å². The Morgan fingerprint density at radius 3 is 2.51 bits per heavy atom. The molecule has 1 aliphatic rings. The van der Waals surface area contributed by atoms with Crippen molar-refractivity contribution in [3.05, 3.63) is 79.1 Å². The fraction of sp³-hybridized carbons (Fsp3) is 0.192. The summed E-state index contributed by atoms with van der Waals surface area (Å²) in [5.41, 5.74) is 1.67. The molecule has 0 saturated carbocycles. The van der Waals surface area contributed by atoms with Crippen LogP contribution < -0.4 is 10.2 Å². The van der Waals surface area contributed by atoms with Crippen LogP contribution in [0.1, 0.15) is 10.5 Å². The van der Waals surface area contributed by atoms with Gasteiger partial charge in [-0.05, 0) is 23.6 Å². The van der Waals surface area contributed by atoms with Gasteiger partial charge in [-0.1, -0.05) is 43.0 Å². The predicted octanol–water partition coefficient (Wildman–Crippen LogP) is 3.12. The van der Waals surface area contributed by atoms with Crippen LogP contribution in [0.3, 0.4) is 0 Å². The summed E-state index contributed by atoms with van der Waals surface area (Å²) in [6, 6.07) is 17.2. The predicted molar refractivity (Wildman–Crippen MR) is 135 cm³/mol. The third kappa shape index (κ3) is 4.48. The summed E-state index contributed by atoms with van der Waals surface area (Å²) < 4.78 is 1.67. The highest BCUT2D eigenvalue weighted by Gasteiger charge is 2.23. The normalized spacial score (nSPS) is 13.6. The van der Waals surface area contributed by atoms with Gasteiger partial charge in [0.2, 0.25) is 5.91 Å². The Morgan fingerprint density at radius 2 is 1.77 bits per heavy atom. The van der Waals surface area contributed by atoms with E-state index in [2.05, 4.69) is 26.9 Å². The van der Waals surface area contributed by atoms with Crippen LogP contribution in [0.2, 0.25) is 0 Å². The van der Waals surface area contributed by atoms with E-state index in [9.17, 15) is 9.59 Å². The molecular weight excluding hydrogens is 442 g/mol. The highest BCUT2D eigenvalue weighted by Crippen LogP contribution is 2.25. The number of nitrogens with one attached hydrogen (secondary N) is 1.